The second-order valence-electron chi connectivity index (χ2n) is 7.29. The van der Waals surface area contributed by atoms with Crippen LogP contribution in [0.3, 0.4) is 0 Å². The van der Waals surface area contributed by atoms with Crippen LogP contribution in [-0.2, 0) is 17.8 Å². The Labute approximate surface area is 166 Å². The molecule has 28 heavy (non-hydrogen) atoms. The molecule has 0 aliphatic carbocycles. The number of β-amino-alcohol motifs (C(OH)–C–C–N with tert-alkyl or cyclic N) is 1. The first-order valence-corrected chi connectivity index (χ1v) is 9.72. The molecule has 152 valence electrons. The van der Waals surface area contributed by atoms with Gasteiger partial charge in [-0.05, 0) is 30.8 Å². The maximum atomic E-state index is 13.8. The number of ether oxygens (including phenoxy) is 2. The molecule has 3 rings (SSSR count). The maximum Gasteiger partial charge on any atom is 0.127 e. The summed E-state index contributed by atoms with van der Waals surface area (Å²) in [6.07, 6.45) is -0.537. The van der Waals surface area contributed by atoms with Gasteiger partial charge in [0, 0.05) is 38.3 Å². The summed E-state index contributed by atoms with van der Waals surface area (Å²) >= 11 is 0. The highest BCUT2D eigenvalue weighted by atomic mass is 19.1. The monoisotopic (exact) mass is 388 g/mol. The molecular formula is C22H29FN2O3. The molecule has 2 aromatic carbocycles. The molecule has 0 saturated carbocycles. The fourth-order valence-corrected chi connectivity index (χ4v) is 3.35. The van der Waals surface area contributed by atoms with Crippen LogP contribution in [0.5, 0.6) is 5.75 Å². The molecule has 2 aromatic rings. The van der Waals surface area contributed by atoms with Crippen LogP contribution >= 0.6 is 0 Å². The van der Waals surface area contributed by atoms with Crippen molar-refractivity contribution in [1.29, 1.82) is 0 Å². The second-order valence-corrected chi connectivity index (χ2v) is 7.29. The number of aliphatic hydroxyl groups is 1. The first-order valence-electron chi connectivity index (χ1n) is 9.72. The highest BCUT2D eigenvalue weighted by Gasteiger charge is 2.15. The Bertz CT molecular complexity index is 737. The number of hydrogen-bond acceptors (Lipinski definition) is 5. The number of rotatable bonds is 9. The molecule has 1 N–H and O–H groups in total. The van der Waals surface area contributed by atoms with Crippen LogP contribution in [0.2, 0.25) is 0 Å². The van der Waals surface area contributed by atoms with Crippen molar-refractivity contribution in [3.63, 3.8) is 0 Å². The van der Waals surface area contributed by atoms with Crippen molar-refractivity contribution < 1.29 is 19.0 Å². The van der Waals surface area contributed by atoms with E-state index in [1.807, 2.05) is 37.4 Å². The maximum absolute atomic E-state index is 13.8. The van der Waals surface area contributed by atoms with Crippen molar-refractivity contribution in [1.82, 2.24) is 9.80 Å². The van der Waals surface area contributed by atoms with Crippen molar-refractivity contribution in [3.05, 3.63) is 65.5 Å². The number of morpholine rings is 1. The highest BCUT2D eigenvalue weighted by Crippen LogP contribution is 2.17. The third-order valence-corrected chi connectivity index (χ3v) is 4.76. The average molecular weight is 388 g/mol. The fraction of sp³-hybridized carbons (Fsp3) is 0.455. The Morgan fingerprint density at radius 1 is 1.14 bits per heavy atom. The van der Waals surface area contributed by atoms with Crippen LogP contribution in [-0.4, -0.2) is 67.5 Å². The van der Waals surface area contributed by atoms with Crippen molar-refractivity contribution in [2.24, 2.45) is 0 Å². The molecular weight excluding hydrogens is 359 g/mol. The molecule has 0 bridgehead atoms. The normalized spacial score (nSPS) is 16.3. The summed E-state index contributed by atoms with van der Waals surface area (Å²) in [6.45, 7) is 5.20. The first kappa shape index (κ1) is 20.7. The lowest BCUT2D eigenvalue weighted by molar-refractivity contribution is 0.00464. The topological polar surface area (TPSA) is 45.2 Å². The van der Waals surface area contributed by atoms with Crippen LogP contribution in [0.4, 0.5) is 4.39 Å². The van der Waals surface area contributed by atoms with Crippen LogP contribution in [0, 0.1) is 5.82 Å². The summed E-state index contributed by atoms with van der Waals surface area (Å²) in [5.74, 6) is 0.554. The zero-order chi connectivity index (χ0) is 19.8. The van der Waals surface area contributed by atoms with E-state index >= 15 is 0 Å². The van der Waals surface area contributed by atoms with E-state index in [1.165, 1.54) is 6.07 Å². The molecule has 6 heteroatoms. The van der Waals surface area contributed by atoms with Gasteiger partial charge in [-0.25, -0.2) is 4.39 Å². The summed E-state index contributed by atoms with van der Waals surface area (Å²) in [4.78, 5) is 4.25. The van der Waals surface area contributed by atoms with Crippen molar-refractivity contribution in [2.45, 2.75) is 19.2 Å². The molecule has 5 nitrogen and oxygen atoms in total. The van der Waals surface area contributed by atoms with E-state index in [0.29, 0.717) is 25.2 Å². The lowest BCUT2D eigenvalue weighted by Gasteiger charge is -2.28. The molecule has 1 atom stereocenters. The lowest BCUT2D eigenvalue weighted by Crippen LogP contribution is -2.42. The third-order valence-electron chi connectivity index (χ3n) is 4.76. The Morgan fingerprint density at radius 3 is 2.71 bits per heavy atom. The Kier molecular flexibility index (Phi) is 7.80. The Morgan fingerprint density at radius 2 is 1.93 bits per heavy atom. The predicted molar refractivity (Wildman–Crippen MR) is 107 cm³/mol. The summed E-state index contributed by atoms with van der Waals surface area (Å²) in [7, 11) is 1.96. The second kappa shape index (κ2) is 10.5. The van der Waals surface area contributed by atoms with E-state index in [0.717, 1.165) is 37.6 Å². The molecule has 0 aromatic heterocycles. The highest BCUT2D eigenvalue weighted by molar-refractivity contribution is 5.28. The van der Waals surface area contributed by atoms with Gasteiger partial charge in [0.05, 0.1) is 13.2 Å². The van der Waals surface area contributed by atoms with Gasteiger partial charge in [0.1, 0.15) is 24.3 Å². The van der Waals surface area contributed by atoms with E-state index < -0.39 is 6.10 Å². The van der Waals surface area contributed by atoms with Gasteiger partial charge in [0.25, 0.3) is 0 Å². The van der Waals surface area contributed by atoms with Crippen LogP contribution < -0.4 is 4.74 Å². The number of halogens is 1. The summed E-state index contributed by atoms with van der Waals surface area (Å²) in [5.41, 5.74) is 1.77. The third kappa shape index (κ3) is 6.56. The molecule has 1 unspecified atom stereocenters. The molecule has 1 fully saturated rings. The van der Waals surface area contributed by atoms with Gasteiger partial charge in [-0.15, -0.1) is 0 Å². The van der Waals surface area contributed by atoms with Crippen molar-refractivity contribution in [3.8, 4) is 5.75 Å². The molecule has 0 radical (unpaired) electrons. The number of aliphatic hydroxyl groups excluding tert-OH is 1. The zero-order valence-corrected chi connectivity index (χ0v) is 16.4. The number of benzene rings is 2. The lowest BCUT2D eigenvalue weighted by atomic mass is 10.1. The Balaban J connectivity index is 1.47. The van der Waals surface area contributed by atoms with Crippen LogP contribution in [0.25, 0.3) is 0 Å². The summed E-state index contributed by atoms with van der Waals surface area (Å²) in [6, 6.07) is 14.7. The largest absolute Gasteiger partial charge is 0.491 e. The summed E-state index contributed by atoms with van der Waals surface area (Å²) in [5, 5.41) is 10.2. The molecule has 1 heterocycles. The van der Waals surface area contributed by atoms with Gasteiger partial charge >= 0.3 is 0 Å². The quantitative estimate of drug-likeness (QED) is 0.715. The van der Waals surface area contributed by atoms with E-state index in [-0.39, 0.29) is 12.4 Å². The van der Waals surface area contributed by atoms with E-state index in [4.69, 9.17) is 9.47 Å². The Hall–Kier alpha value is -1.99. The molecule has 1 saturated heterocycles. The van der Waals surface area contributed by atoms with Gasteiger partial charge in [-0.1, -0.05) is 30.3 Å². The summed E-state index contributed by atoms with van der Waals surface area (Å²) < 4.78 is 24.9. The molecule has 1 aliphatic heterocycles. The van der Waals surface area contributed by atoms with Crippen LogP contribution in [0.1, 0.15) is 11.1 Å². The van der Waals surface area contributed by atoms with E-state index in [2.05, 4.69) is 9.80 Å². The van der Waals surface area contributed by atoms with Gasteiger partial charge in [0.2, 0.25) is 0 Å². The van der Waals surface area contributed by atoms with Gasteiger partial charge in [0.15, 0.2) is 0 Å². The molecule has 1 aliphatic rings. The van der Waals surface area contributed by atoms with E-state index in [9.17, 15) is 9.50 Å². The smallest absolute Gasteiger partial charge is 0.127 e. The zero-order valence-electron chi connectivity index (χ0n) is 16.4. The fourth-order valence-electron chi connectivity index (χ4n) is 3.35. The predicted octanol–water partition coefficient (Wildman–Crippen LogP) is 2.53. The minimum atomic E-state index is -0.537. The minimum Gasteiger partial charge on any atom is -0.491 e. The van der Waals surface area contributed by atoms with Crippen LogP contribution in [0.15, 0.2) is 48.5 Å². The van der Waals surface area contributed by atoms with Gasteiger partial charge in [-0.2, -0.15) is 0 Å². The molecule has 0 spiro atoms. The van der Waals surface area contributed by atoms with Crippen molar-refractivity contribution in [2.75, 3.05) is 46.5 Å². The number of hydrogen-bond donors (Lipinski definition) is 1. The standard InChI is InChI=1S/C22H29FN2O3/c1-24(15-19-6-2-3-8-22(19)23)14-18-5-4-7-21(13-18)28-17-20(26)16-25-9-11-27-12-10-25/h2-8,13,20,26H,9-12,14-17H2,1H3. The molecule has 0 amide bonds. The SMILES string of the molecule is CN(Cc1cccc(OCC(O)CN2CCOCC2)c1)Cc1ccccc1F. The number of nitrogens with zero attached hydrogens (tertiary/aromatic N) is 2. The minimum absolute atomic E-state index is 0.180. The van der Waals surface area contributed by atoms with Crippen molar-refractivity contribution >= 4 is 0 Å². The van der Waals surface area contributed by atoms with Gasteiger partial charge in [-0.3, -0.25) is 9.80 Å². The average Bonchev–Trinajstić information content (AvgIpc) is 2.69. The first-order chi connectivity index (χ1) is 13.6. The van der Waals surface area contributed by atoms with Gasteiger partial charge < -0.3 is 14.6 Å². The van der Waals surface area contributed by atoms with E-state index in [1.54, 1.807) is 12.1 Å².